The van der Waals surface area contributed by atoms with Crippen LogP contribution in [0.5, 0.6) is 0 Å². The van der Waals surface area contributed by atoms with Crippen LogP contribution in [0.4, 0.5) is 13.2 Å². The number of aliphatic hydroxyl groups excluding tert-OH is 1. The Morgan fingerprint density at radius 2 is 1.83 bits per heavy atom. The maximum absolute atomic E-state index is 12.5. The zero-order valence-electron chi connectivity index (χ0n) is 11.0. The summed E-state index contributed by atoms with van der Waals surface area (Å²) in [6.07, 6.45) is 0.804. The molecule has 0 aromatic rings. The fourth-order valence-corrected chi connectivity index (χ4v) is 2.71. The number of rotatable bonds is 5. The Kier molecular flexibility index (Phi) is 6.43. The molecule has 0 radical (unpaired) electrons. The largest absolute Gasteiger partial charge is 0.401 e. The van der Waals surface area contributed by atoms with Crippen molar-refractivity contribution in [2.45, 2.75) is 57.7 Å². The van der Waals surface area contributed by atoms with E-state index in [-0.39, 0.29) is 5.92 Å². The molecule has 5 heteroatoms. The number of nitrogens with zero attached hydrogens (tertiary/aromatic N) is 1. The van der Waals surface area contributed by atoms with Gasteiger partial charge in [-0.1, -0.05) is 26.2 Å². The molecule has 0 aliphatic heterocycles. The van der Waals surface area contributed by atoms with Crippen molar-refractivity contribution in [2.24, 2.45) is 5.92 Å². The van der Waals surface area contributed by atoms with E-state index in [1.54, 1.807) is 0 Å². The SMILES string of the molecule is CCCN(CC1CCCCCC1O)CC(F)(F)F. The van der Waals surface area contributed by atoms with Crippen molar-refractivity contribution in [1.29, 1.82) is 0 Å². The molecule has 1 rings (SSSR count). The van der Waals surface area contributed by atoms with E-state index in [0.717, 1.165) is 32.1 Å². The van der Waals surface area contributed by atoms with Crippen molar-refractivity contribution >= 4 is 0 Å². The number of aliphatic hydroxyl groups is 1. The fraction of sp³-hybridized carbons (Fsp3) is 1.00. The minimum Gasteiger partial charge on any atom is -0.393 e. The minimum atomic E-state index is -4.15. The van der Waals surface area contributed by atoms with Gasteiger partial charge in [0.15, 0.2) is 0 Å². The molecule has 2 nitrogen and oxygen atoms in total. The normalized spacial score (nSPS) is 26.3. The summed E-state index contributed by atoms with van der Waals surface area (Å²) in [5.74, 6) is 0.00130. The first-order valence-corrected chi connectivity index (χ1v) is 6.89. The number of hydrogen-bond donors (Lipinski definition) is 1. The number of alkyl halides is 3. The zero-order valence-corrected chi connectivity index (χ0v) is 11.0. The molecule has 1 aliphatic rings. The summed E-state index contributed by atoms with van der Waals surface area (Å²) in [4.78, 5) is 1.44. The molecule has 0 bridgehead atoms. The first-order chi connectivity index (χ1) is 8.42. The predicted molar refractivity (Wildman–Crippen MR) is 65.4 cm³/mol. The highest BCUT2D eigenvalue weighted by atomic mass is 19.4. The van der Waals surface area contributed by atoms with Gasteiger partial charge < -0.3 is 5.11 Å². The fourth-order valence-electron chi connectivity index (χ4n) is 2.71. The molecule has 0 heterocycles. The molecule has 1 fully saturated rings. The molecule has 0 saturated heterocycles. The Hall–Kier alpha value is -0.290. The molecule has 108 valence electrons. The van der Waals surface area contributed by atoms with E-state index in [0.29, 0.717) is 19.5 Å². The summed E-state index contributed by atoms with van der Waals surface area (Å²) in [6, 6.07) is 0. The Morgan fingerprint density at radius 3 is 2.44 bits per heavy atom. The van der Waals surface area contributed by atoms with E-state index in [9.17, 15) is 18.3 Å². The summed E-state index contributed by atoms with van der Waals surface area (Å²) in [5.41, 5.74) is 0. The lowest BCUT2D eigenvalue weighted by atomic mass is 9.96. The van der Waals surface area contributed by atoms with Crippen LogP contribution in [0.1, 0.15) is 45.4 Å². The van der Waals surface area contributed by atoms with Gasteiger partial charge in [-0.05, 0) is 31.7 Å². The molecule has 2 unspecified atom stereocenters. The second kappa shape index (κ2) is 7.34. The van der Waals surface area contributed by atoms with Crippen LogP contribution in [0.2, 0.25) is 0 Å². The van der Waals surface area contributed by atoms with E-state index >= 15 is 0 Å². The highest BCUT2D eigenvalue weighted by molar-refractivity contribution is 4.77. The highest BCUT2D eigenvalue weighted by Gasteiger charge is 2.32. The number of halogens is 3. The molecule has 1 N–H and O–H groups in total. The molecule has 0 aromatic heterocycles. The summed E-state index contributed by atoms with van der Waals surface area (Å²) >= 11 is 0. The van der Waals surface area contributed by atoms with Crippen LogP contribution in [0.3, 0.4) is 0 Å². The van der Waals surface area contributed by atoms with Gasteiger partial charge in [-0.25, -0.2) is 0 Å². The quantitative estimate of drug-likeness (QED) is 0.773. The van der Waals surface area contributed by atoms with Crippen LogP contribution in [-0.4, -0.2) is 41.9 Å². The Labute approximate surface area is 107 Å². The zero-order chi connectivity index (χ0) is 13.6. The number of hydrogen-bond acceptors (Lipinski definition) is 2. The van der Waals surface area contributed by atoms with E-state index in [1.165, 1.54) is 4.90 Å². The summed E-state index contributed by atoms with van der Waals surface area (Å²) < 4.78 is 37.4. The topological polar surface area (TPSA) is 23.5 Å². The summed E-state index contributed by atoms with van der Waals surface area (Å²) in [6.45, 7) is 1.84. The van der Waals surface area contributed by atoms with Gasteiger partial charge in [0.2, 0.25) is 0 Å². The standard InChI is InChI=1S/C13H24F3NO/c1-2-8-17(10-13(14,15)16)9-11-6-4-3-5-7-12(11)18/h11-12,18H,2-10H2,1H3. The van der Waals surface area contributed by atoms with Crippen molar-refractivity contribution in [2.75, 3.05) is 19.6 Å². The lowest BCUT2D eigenvalue weighted by Crippen LogP contribution is -2.40. The van der Waals surface area contributed by atoms with E-state index in [2.05, 4.69) is 0 Å². The van der Waals surface area contributed by atoms with Crippen LogP contribution in [-0.2, 0) is 0 Å². The van der Waals surface area contributed by atoms with Crippen LogP contribution in [0.15, 0.2) is 0 Å². The lowest BCUT2D eigenvalue weighted by molar-refractivity contribution is -0.148. The molecular formula is C13H24F3NO. The monoisotopic (exact) mass is 267 g/mol. The molecule has 0 amide bonds. The van der Waals surface area contributed by atoms with Gasteiger partial charge in [0.05, 0.1) is 12.6 Å². The Morgan fingerprint density at radius 1 is 1.17 bits per heavy atom. The average Bonchev–Trinajstić information content (AvgIpc) is 2.42. The predicted octanol–water partition coefficient (Wildman–Crippen LogP) is 3.20. The van der Waals surface area contributed by atoms with Crippen LogP contribution in [0, 0.1) is 5.92 Å². The molecule has 2 atom stereocenters. The third kappa shape index (κ3) is 6.05. The maximum Gasteiger partial charge on any atom is 0.401 e. The van der Waals surface area contributed by atoms with E-state index < -0.39 is 18.8 Å². The third-order valence-corrected chi connectivity index (χ3v) is 3.55. The van der Waals surface area contributed by atoms with E-state index in [4.69, 9.17) is 0 Å². The van der Waals surface area contributed by atoms with Crippen LogP contribution in [0.25, 0.3) is 0 Å². The van der Waals surface area contributed by atoms with Gasteiger partial charge >= 0.3 is 6.18 Å². The maximum atomic E-state index is 12.5. The van der Waals surface area contributed by atoms with Crippen LogP contribution < -0.4 is 0 Å². The smallest absolute Gasteiger partial charge is 0.393 e. The summed E-state index contributed by atoms with van der Waals surface area (Å²) in [7, 11) is 0. The van der Waals surface area contributed by atoms with Gasteiger partial charge in [-0.15, -0.1) is 0 Å². The first kappa shape index (κ1) is 15.8. The van der Waals surface area contributed by atoms with Crippen molar-refractivity contribution in [3.8, 4) is 0 Å². The summed E-state index contributed by atoms with van der Waals surface area (Å²) in [5, 5.41) is 9.96. The van der Waals surface area contributed by atoms with Crippen molar-refractivity contribution in [3.05, 3.63) is 0 Å². The molecule has 0 aromatic carbocycles. The van der Waals surface area contributed by atoms with Gasteiger partial charge in [-0.3, -0.25) is 4.90 Å². The second-order valence-electron chi connectivity index (χ2n) is 5.32. The molecule has 1 saturated carbocycles. The minimum absolute atomic E-state index is 0.00130. The average molecular weight is 267 g/mol. The van der Waals surface area contributed by atoms with Crippen molar-refractivity contribution < 1.29 is 18.3 Å². The van der Waals surface area contributed by atoms with Crippen molar-refractivity contribution in [3.63, 3.8) is 0 Å². The molecule has 0 spiro atoms. The lowest BCUT2D eigenvalue weighted by Gasteiger charge is -2.29. The second-order valence-corrected chi connectivity index (χ2v) is 5.32. The van der Waals surface area contributed by atoms with E-state index in [1.807, 2.05) is 6.92 Å². The Bertz CT molecular complexity index is 233. The molecule has 1 aliphatic carbocycles. The van der Waals surface area contributed by atoms with Gasteiger partial charge in [0.1, 0.15) is 0 Å². The Balaban J connectivity index is 2.52. The molecular weight excluding hydrogens is 243 g/mol. The van der Waals surface area contributed by atoms with Crippen LogP contribution >= 0.6 is 0 Å². The first-order valence-electron chi connectivity index (χ1n) is 6.89. The van der Waals surface area contributed by atoms with Crippen molar-refractivity contribution in [1.82, 2.24) is 4.90 Å². The van der Waals surface area contributed by atoms with Gasteiger partial charge in [0, 0.05) is 6.54 Å². The third-order valence-electron chi connectivity index (χ3n) is 3.55. The molecule has 18 heavy (non-hydrogen) atoms. The van der Waals surface area contributed by atoms with Gasteiger partial charge in [-0.2, -0.15) is 13.2 Å². The highest BCUT2D eigenvalue weighted by Crippen LogP contribution is 2.25. The van der Waals surface area contributed by atoms with Gasteiger partial charge in [0.25, 0.3) is 0 Å².